The van der Waals surface area contributed by atoms with E-state index < -0.39 is 9.84 Å². The highest BCUT2D eigenvalue weighted by Crippen LogP contribution is 2.26. The van der Waals surface area contributed by atoms with Crippen molar-refractivity contribution >= 4 is 9.84 Å². The third-order valence-corrected chi connectivity index (χ3v) is 3.51. The monoisotopic (exact) mass is 180 g/mol. The molecule has 0 aliphatic carbocycles. The van der Waals surface area contributed by atoms with Gasteiger partial charge in [0.2, 0.25) is 0 Å². The summed E-state index contributed by atoms with van der Waals surface area (Å²) in [5.41, 5.74) is 0.913. The van der Waals surface area contributed by atoms with Crippen LogP contribution in [0.15, 0.2) is 29.2 Å². The molecule has 0 spiro atoms. The molecule has 1 aliphatic rings. The standard InChI is InChI=1S/C9H8O2S/c10-12(11)7-3-5-8-4-1-2-6-9(8)12/h1-2,4,6H,3,5H2. The second-order valence-corrected chi connectivity index (χ2v) is 4.49. The van der Waals surface area contributed by atoms with Gasteiger partial charge >= 0.3 is 0 Å². The zero-order chi connectivity index (χ0) is 8.60. The van der Waals surface area contributed by atoms with Gasteiger partial charge in [-0.25, -0.2) is 8.42 Å². The van der Waals surface area contributed by atoms with Crippen molar-refractivity contribution in [1.29, 1.82) is 0 Å². The zero-order valence-electron chi connectivity index (χ0n) is 6.45. The second kappa shape index (κ2) is 2.59. The van der Waals surface area contributed by atoms with Crippen LogP contribution >= 0.6 is 0 Å². The Bertz CT molecular complexity index is 393. The fourth-order valence-corrected chi connectivity index (χ4v) is 2.67. The molecule has 2 radical (unpaired) electrons. The molecule has 0 aromatic heterocycles. The molecule has 0 atom stereocenters. The molecule has 62 valence electrons. The molecule has 2 nitrogen and oxygen atoms in total. The minimum Gasteiger partial charge on any atom is -0.223 e. The van der Waals surface area contributed by atoms with E-state index in [1.54, 1.807) is 12.1 Å². The maximum absolute atomic E-state index is 11.4. The number of benzene rings is 1. The van der Waals surface area contributed by atoms with Gasteiger partial charge in [-0.15, -0.1) is 0 Å². The van der Waals surface area contributed by atoms with E-state index in [0.29, 0.717) is 11.3 Å². The van der Waals surface area contributed by atoms with Gasteiger partial charge in [0.1, 0.15) is 5.75 Å². The Morgan fingerprint density at radius 2 is 2.00 bits per heavy atom. The van der Waals surface area contributed by atoms with Crippen LogP contribution in [0.25, 0.3) is 0 Å². The SMILES string of the molecule is O=S1(=O)[C]CCc2ccccc21. The lowest BCUT2D eigenvalue weighted by Crippen LogP contribution is -2.11. The molecule has 1 aromatic rings. The second-order valence-electron chi connectivity index (χ2n) is 2.76. The lowest BCUT2D eigenvalue weighted by Gasteiger charge is -2.13. The van der Waals surface area contributed by atoms with Crippen molar-refractivity contribution in [1.82, 2.24) is 0 Å². The highest BCUT2D eigenvalue weighted by Gasteiger charge is 2.23. The Kier molecular flexibility index (Phi) is 1.68. The van der Waals surface area contributed by atoms with Gasteiger partial charge in [-0.2, -0.15) is 0 Å². The summed E-state index contributed by atoms with van der Waals surface area (Å²) in [6.07, 6.45) is 1.30. The molecule has 0 saturated heterocycles. The Labute approximate surface area is 72.1 Å². The van der Waals surface area contributed by atoms with Crippen LogP contribution in [0.5, 0.6) is 0 Å². The van der Waals surface area contributed by atoms with Crippen LogP contribution in [0.3, 0.4) is 0 Å². The molecule has 0 bridgehead atoms. The summed E-state index contributed by atoms with van der Waals surface area (Å²) in [5, 5.41) is 0. The molecule has 1 heterocycles. The van der Waals surface area contributed by atoms with Crippen LogP contribution in [0.2, 0.25) is 0 Å². The molecule has 12 heavy (non-hydrogen) atoms. The number of hydrogen-bond donors (Lipinski definition) is 0. The van der Waals surface area contributed by atoms with Gasteiger partial charge in [0, 0.05) is 0 Å². The summed E-state index contributed by atoms with van der Waals surface area (Å²) in [6, 6.07) is 7.09. The van der Waals surface area contributed by atoms with Gasteiger partial charge in [-0.3, -0.25) is 0 Å². The Hall–Kier alpha value is -0.830. The maximum Gasteiger partial charge on any atom is 0.187 e. The first kappa shape index (κ1) is 7.80. The van der Waals surface area contributed by atoms with Crippen molar-refractivity contribution in [3.63, 3.8) is 0 Å². The van der Waals surface area contributed by atoms with E-state index in [1.807, 2.05) is 12.1 Å². The lowest BCUT2D eigenvalue weighted by atomic mass is 10.1. The van der Waals surface area contributed by atoms with E-state index in [0.717, 1.165) is 12.0 Å². The van der Waals surface area contributed by atoms with Crippen molar-refractivity contribution in [2.75, 3.05) is 0 Å². The van der Waals surface area contributed by atoms with Gasteiger partial charge in [-0.05, 0) is 24.5 Å². The highest BCUT2D eigenvalue weighted by molar-refractivity contribution is 7.93. The summed E-state index contributed by atoms with van der Waals surface area (Å²) in [7, 11) is -3.19. The van der Waals surface area contributed by atoms with Crippen LogP contribution in [0.1, 0.15) is 12.0 Å². The fourth-order valence-electron chi connectivity index (χ4n) is 1.37. The first-order chi connectivity index (χ1) is 5.70. The number of rotatable bonds is 0. The van der Waals surface area contributed by atoms with E-state index in [2.05, 4.69) is 5.75 Å². The predicted molar refractivity (Wildman–Crippen MR) is 45.2 cm³/mol. The third-order valence-electron chi connectivity index (χ3n) is 1.95. The summed E-state index contributed by atoms with van der Waals surface area (Å²) in [6.45, 7) is 0. The minimum absolute atomic E-state index is 0.427. The summed E-state index contributed by atoms with van der Waals surface area (Å²) < 4.78 is 22.7. The molecule has 1 aliphatic heterocycles. The van der Waals surface area contributed by atoms with Gasteiger partial charge in [0.05, 0.1) is 4.90 Å². The average Bonchev–Trinajstić information content (AvgIpc) is 2.04. The molecular formula is C9H8O2S. The van der Waals surface area contributed by atoms with Crippen molar-refractivity contribution < 1.29 is 8.42 Å². The highest BCUT2D eigenvalue weighted by atomic mass is 32.2. The summed E-state index contributed by atoms with van der Waals surface area (Å²) in [4.78, 5) is 0.427. The van der Waals surface area contributed by atoms with E-state index in [9.17, 15) is 8.42 Å². The minimum atomic E-state index is -3.19. The number of sulfone groups is 1. The topological polar surface area (TPSA) is 34.1 Å². The molecule has 0 amide bonds. The van der Waals surface area contributed by atoms with Crippen molar-refractivity contribution in [2.24, 2.45) is 0 Å². The quantitative estimate of drug-likeness (QED) is 0.605. The molecule has 0 N–H and O–H groups in total. The number of aryl methyl sites for hydroxylation is 1. The van der Waals surface area contributed by atoms with E-state index >= 15 is 0 Å². The zero-order valence-corrected chi connectivity index (χ0v) is 7.26. The van der Waals surface area contributed by atoms with Crippen LogP contribution in [0.4, 0.5) is 0 Å². The third kappa shape index (κ3) is 1.14. The van der Waals surface area contributed by atoms with Crippen LogP contribution in [-0.2, 0) is 16.3 Å². The number of hydrogen-bond acceptors (Lipinski definition) is 2. The Balaban J connectivity index is 2.67. The lowest BCUT2D eigenvalue weighted by molar-refractivity contribution is 0.594. The molecule has 1 aromatic carbocycles. The predicted octanol–water partition coefficient (Wildman–Crippen LogP) is 1.45. The van der Waals surface area contributed by atoms with Crippen LogP contribution < -0.4 is 0 Å². The molecule has 3 heteroatoms. The maximum atomic E-state index is 11.4. The average molecular weight is 180 g/mol. The first-order valence-corrected chi connectivity index (χ1v) is 5.26. The molecule has 0 unspecified atom stereocenters. The van der Waals surface area contributed by atoms with Gasteiger partial charge in [0.15, 0.2) is 9.84 Å². The largest absolute Gasteiger partial charge is 0.223 e. The number of fused-ring (bicyclic) bond motifs is 1. The normalized spacial score (nSPS) is 20.0. The van der Waals surface area contributed by atoms with E-state index in [1.165, 1.54) is 0 Å². The van der Waals surface area contributed by atoms with Crippen molar-refractivity contribution in [3.8, 4) is 0 Å². The first-order valence-electron chi connectivity index (χ1n) is 3.78. The smallest absolute Gasteiger partial charge is 0.187 e. The van der Waals surface area contributed by atoms with Crippen molar-refractivity contribution in [2.45, 2.75) is 17.7 Å². The van der Waals surface area contributed by atoms with Crippen LogP contribution in [0, 0.1) is 5.75 Å². The summed E-state index contributed by atoms with van der Waals surface area (Å²) >= 11 is 0. The molecular weight excluding hydrogens is 172 g/mol. The van der Waals surface area contributed by atoms with Crippen LogP contribution in [-0.4, -0.2) is 8.42 Å². The van der Waals surface area contributed by atoms with Gasteiger partial charge in [-0.1, -0.05) is 18.2 Å². The Morgan fingerprint density at radius 1 is 1.25 bits per heavy atom. The van der Waals surface area contributed by atoms with Gasteiger partial charge in [0.25, 0.3) is 0 Å². The van der Waals surface area contributed by atoms with Gasteiger partial charge < -0.3 is 0 Å². The van der Waals surface area contributed by atoms with E-state index in [-0.39, 0.29) is 0 Å². The molecule has 0 saturated carbocycles. The fraction of sp³-hybridized carbons (Fsp3) is 0.222. The van der Waals surface area contributed by atoms with E-state index in [4.69, 9.17) is 0 Å². The molecule has 0 fully saturated rings. The van der Waals surface area contributed by atoms with Crippen molar-refractivity contribution in [3.05, 3.63) is 35.6 Å². The Morgan fingerprint density at radius 3 is 2.75 bits per heavy atom. The summed E-state index contributed by atoms with van der Waals surface area (Å²) in [5.74, 6) is 2.49. The molecule has 2 rings (SSSR count).